The Morgan fingerprint density at radius 2 is 1.90 bits per heavy atom. The van der Waals surface area contributed by atoms with Crippen LogP contribution in [0.1, 0.15) is 23.2 Å². The van der Waals surface area contributed by atoms with Crippen LogP contribution in [-0.2, 0) is 14.3 Å². The van der Waals surface area contributed by atoms with Gasteiger partial charge in [0.15, 0.2) is 0 Å². The maximum Gasteiger partial charge on any atom is 0.493 e. The summed E-state index contributed by atoms with van der Waals surface area (Å²) in [6.45, 7) is 1.01. The van der Waals surface area contributed by atoms with E-state index in [1.54, 1.807) is 0 Å². The molecule has 12 heteroatoms. The molecule has 0 aliphatic carbocycles. The van der Waals surface area contributed by atoms with Gasteiger partial charge < -0.3 is 14.3 Å². The summed E-state index contributed by atoms with van der Waals surface area (Å²) in [6.07, 6.45) is -2.85. The van der Waals surface area contributed by atoms with Gasteiger partial charge in [-0.3, -0.25) is 4.90 Å². The highest BCUT2D eigenvalue weighted by Crippen LogP contribution is 2.30. The molecule has 0 N–H and O–H groups in total. The summed E-state index contributed by atoms with van der Waals surface area (Å²) >= 11 is 0. The lowest BCUT2D eigenvalue weighted by Crippen LogP contribution is -2.56. The third kappa shape index (κ3) is 3.72. The van der Waals surface area contributed by atoms with Crippen molar-refractivity contribution in [2.45, 2.75) is 37.2 Å². The Labute approximate surface area is 167 Å². The van der Waals surface area contributed by atoms with Gasteiger partial charge in [0.1, 0.15) is 11.6 Å². The van der Waals surface area contributed by atoms with Gasteiger partial charge in [-0.1, -0.05) is 0 Å². The number of esters is 1. The van der Waals surface area contributed by atoms with Crippen LogP contribution in [0.25, 0.3) is 10.9 Å². The number of piperidine rings is 1. The Kier molecular flexibility index (Phi) is 5.14. The molecular formula is C18H17F4N3O5. The summed E-state index contributed by atoms with van der Waals surface area (Å²) < 4.78 is 63.1. The number of hydrogen-bond acceptors (Lipinski definition) is 7. The molecule has 2 saturated heterocycles. The van der Waals surface area contributed by atoms with Gasteiger partial charge in [0.2, 0.25) is 5.95 Å². The van der Waals surface area contributed by atoms with Gasteiger partial charge in [-0.25, -0.2) is 14.6 Å². The lowest BCUT2D eigenvalue weighted by molar-refractivity contribution is -0.199. The van der Waals surface area contributed by atoms with Crippen LogP contribution >= 0.6 is 0 Å². The van der Waals surface area contributed by atoms with Crippen LogP contribution in [0.3, 0.4) is 0 Å². The Bertz CT molecular complexity index is 978. The molecule has 0 aromatic carbocycles. The molecule has 1 unspecified atom stereocenters. The van der Waals surface area contributed by atoms with Crippen LogP contribution < -0.4 is 4.84 Å². The second-order valence-corrected chi connectivity index (χ2v) is 7.25. The number of hydrogen-bond donors (Lipinski definition) is 0. The van der Waals surface area contributed by atoms with Crippen molar-refractivity contribution in [2.24, 2.45) is 0 Å². The van der Waals surface area contributed by atoms with Crippen molar-refractivity contribution in [2.75, 3.05) is 20.3 Å². The lowest BCUT2D eigenvalue weighted by Gasteiger charge is -2.46. The molecule has 2 aliphatic rings. The summed E-state index contributed by atoms with van der Waals surface area (Å²) in [4.78, 5) is 33.6. The number of pyridine rings is 1. The van der Waals surface area contributed by atoms with E-state index < -0.39 is 35.7 Å². The van der Waals surface area contributed by atoms with Crippen LogP contribution in [0.15, 0.2) is 18.5 Å². The second-order valence-electron chi connectivity index (χ2n) is 7.25. The average molecular weight is 431 g/mol. The molecular weight excluding hydrogens is 414 g/mol. The van der Waals surface area contributed by atoms with E-state index in [-0.39, 0.29) is 27.8 Å². The third-order valence-corrected chi connectivity index (χ3v) is 5.39. The maximum absolute atomic E-state index is 14.2. The van der Waals surface area contributed by atoms with Crippen LogP contribution in [0.2, 0.25) is 0 Å². The van der Waals surface area contributed by atoms with E-state index in [9.17, 15) is 27.2 Å². The van der Waals surface area contributed by atoms with Crippen molar-refractivity contribution in [1.29, 1.82) is 0 Å². The number of rotatable bonds is 3. The fraction of sp³-hybridized carbons (Fsp3) is 0.500. The number of morpholine rings is 1. The van der Waals surface area contributed by atoms with Crippen LogP contribution in [-0.4, -0.2) is 71.2 Å². The standard InChI is InChI=1S/C18H17F4N3O5/c1-24-9-4-11(5-10(24)8-28-7-9)29-16(26)13-6-25(30-17(27)18(20,21)22)14-12(13)2-3-23-15(14)19/h2-3,6,9-11H,4-5,7-8H2,1H3/t9-,10+,11?. The van der Waals surface area contributed by atoms with Crippen LogP contribution in [0.4, 0.5) is 17.6 Å². The zero-order valence-electron chi connectivity index (χ0n) is 15.7. The summed E-state index contributed by atoms with van der Waals surface area (Å²) in [5.41, 5.74) is -0.808. The van der Waals surface area contributed by atoms with Crippen molar-refractivity contribution < 1.29 is 41.5 Å². The summed E-state index contributed by atoms with van der Waals surface area (Å²) in [7, 11) is 1.97. The molecule has 0 amide bonds. The maximum atomic E-state index is 14.2. The highest BCUT2D eigenvalue weighted by Gasteiger charge is 2.43. The molecule has 2 fully saturated rings. The first-order valence-electron chi connectivity index (χ1n) is 9.11. The van der Waals surface area contributed by atoms with E-state index in [4.69, 9.17) is 9.47 Å². The van der Waals surface area contributed by atoms with Gasteiger partial charge in [-0.05, 0) is 13.1 Å². The number of alkyl halides is 3. The smallest absolute Gasteiger partial charge is 0.459 e. The number of nitrogens with zero attached hydrogens (tertiary/aromatic N) is 3. The van der Waals surface area contributed by atoms with Crippen molar-refractivity contribution in [3.63, 3.8) is 0 Å². The Morgan fingerprint density at radius 1 is 1.23 bits per heavy atom. The summed E-state index contributed by atoms with van der Waals surface area (Å²) in [6, 6.07) is 1.38. The van der Waals surface area contributed by atoms with Crippen molar-refractivity contribution in [1.82, 2.24) is 14.6 Å². The first kappa shape index (κ1) is 20.5. The molecule has 4 heterocycles. The Balaban J connectivity index is 1.60. The van der Waals surface area contributed by atoms with Gasteiger partial charge in [0, 0.05) is 36.5 Å². The number of halogens is 4. The molecule has 162 valence electrons. The summed E-state index contributed by atoms with van der Waals surface area (Å²) in [5, 5.41) is -0.0843. The number of aromatic nitrogens is 2. The number of carbonyl (C=O) groups is 2. The van der Waals surface area contributed by atoms with Crippen molar-refractivity contribution >= 4 is 22.8 Å². The van der Waals surface area contributed by atoms with Gasteiger partial charge in [-0.2, -0.15) is 22.3 Å². The zero-order valence-corrected chi connectivity index (χ0v) is 15.7. The average Bonchev–Trinajstić information content (AvgIpc) is 3.02. The molecule has 2 bridgehead atoms. The zero-order chi connectivity index (χ0) is 21.6. The highest BCUT2D eigenvalue weighted by atomic mass is 19.4. The molecule has 0 spiro atoms. The van der Waals surface area contributed by atoms with E-state index >= 15 is 0 Å². The SMILES string of the molecule is CN1[C@@H]2COC[C@H]1CC(OC(=O)c1cn(OC(=O)C(F)(F)F)c3c(F)nccc13)C2. The van der Waals surface area contributed by atoms with E-state index in [0.717, 1.165) is 12.4 Å². The molecule has 4 rings (SSSR count). The lowest BCUT2D eigenvalue weighted by atomic mass is 9.92. The molecule has 8 nitrogen and oxygen atoms in total. The van der Waals surface area contributed by atoms with Crippen molar-refractivity contribution in [3.05, 3.63) is 30.0 Å². The van der Waals surface area contributed by atoms with Gasteiger partial charge in [0.25, 0.3) is 0 Å². The van der Waals surface area contributed by atoms with Gasteiger partial charge in [0.05, 0.1) is 25.0 Å². The fourth-order valence-corrected chi connectivity index (χ4v) is 3.84. The quantitative estimate of drug-likeness (QED) is 0.416. The van der Waals surface area contributed by atoms with Crippen LogP contribution in [0, 0.1) is 5.95 Å². The molecule has 30 heavy (non-hydrogen) atoms. The third-order valence-electron chi connectivity index (χ3n) is 5.39. The minimum absolute atomic E-state index is 0.0750. The summed E-state index contributed by atoms with van der Waals surface area (Å²) in [5.74, 6) is -4.63. The molecule has 0 saturated carbocycles. The number of fused-ring (bicyclic) bond motifs is 3. The molecule has 0 radical (unpaired) electrons. The molecule has 3 atom stereocenters. The Morgan fingerprint density at radius 3 is 2.53 bits per heavy atom. The number of carbonyl (C=O) groups excluding carboxylic acids is 2. The molecule has 2 aliphatic heterocycles. The normalized spacial score (nSPS) is 24.6. The monoisotopic (exact) mass is 431 g/mol. The van der Waals surface area contributed by atoms with Crippen molar-refractivity contribution in [3.8, 4) is 0 Å². The highest BCUT2D eigenvalue weighted by molar-refractivity contribution is 6.04. The largest absolute Gasteiger partial charge is 0.493 e. The predicted molar refractivity (Wildman–Crippen MR) is 91.9 cm³/mol. The molecule has 2 aromatic rings. The Hall–Kier alpha value is -2.73. The minimum Gasteiger partial charge on any atom is -0.459 e. The molecule has 2 aromatic heterocycles. The van der Waals surface area contributed by atoms with Gasteiger partial charge >= 0.3 is 18.1 Å². The van der Waals surface area contributed by atoms with E-state index in [1.807, 2.05) is 7.05 Å². The first-order chi connectivity index (χ1) is 14.1. The second kappa shape index (κ2) is 7.51. The van der Waals surface area contributed by atoms with E-state index in [0.29, 0.717) is 26.1 Å². The predicted octanol–water partition coefficient (Wildman–Crippen LogP) is 1.71. The van der Waals surface area contributed by atoms with Crippen LogP contribution in [0.5, 0.6) is 0 Å². The van der Waals surface area contributed by atoms with Gasteiger partial charge in [-0.15, -0.1) is 0 Å². The van der Waals surface area contributed by atoms with E-state index in [1.165, 1.54) is 6.07 Å². The van der Waals surface area contributed by atoms with E-state index in [2.05, 4.69) is 14.7 Å². The topological polar surface area (TPSA) is 82.9 Å². The number of likely N-dealkylation sites (N-methyl/N-ethyl adjacent to an activating group) is 1. The number of ether oxygens (including phenoxy) is 2. The minimum atomic E-state index is -5.30. The first-order valence-corrected chi connectivity index (χ1v) is 9.11. The fourth-order valence-electron chi connectivity index (χ4n) is 3.84.